The number of carbonyl (C=O) groups is 1. The van der Waals surface area contributed by atoms with Crippen LogP contribution in [0.2, 0.25) is 0 Å². The summed E-state index contributed by atoms with van der Waals surface area (Å²) in [5.74, 6) is 0.247. The molecule has 1 N–H and O–H groups in total. The molecule has 0 aromatic carbocycles. The van der Waals surface area contributed by atoms with E-state index >= 15 is 0 Å². The Hall–Kier alpha value is -0.570. The summed E-state index contributed by atoms with van der Waals surface area (Å²) in [4.78, 5) is 13.5. The summed E-state index contributed by atoms with van der Waals surface area (Å²) < 4.78 is 0. The van der Waals surface area contributed by atoms with Gasteiger partial charge in [0.15, 0.2) is 0 Å². The minimum Gasteiger partial charge on any atom is -0.342 e. The Morgan fingerprint density at radius 1 is 1.58 bits per heavy atom. The van der Waals surface area contributed by atoms with Crippen molar-refractivity contribution in [1.29, 1.82) is 0 Å². The molecule has 1 atom stereocenters. The number of hydrogen-bond acceptors (Lipinski definition) is 2. The van der Waals surface area contributed by atoms with E-state index in [1.54, 1.807) is 0 Å². The predicted octanol–water partition coefficient (Wildman–Crippen LogP) is 0.607. The summed E-state index contributed by atoms with van der Waals surface area (Å²) in [5.41, 5.74) is 0. The lowest BCUT2D eigenvalue weighted by atomic mass is 10.2. The Kier molecular flexibility index (Phi) is 3.53. The van der Waals surface area contributed by atoms with Crippen molar-refractivity contribution in [2.24, 2.45) is 0 Å². The van der Waals surface area contributed by atoms with Crippen LogP contribution in [0.25, 0.3) is 0 Å². The molecule has 0 radical (unpaired) electrons. The fourth-order valence-corrected chi connectivity index (χ4v) is 1.53. The second kappa shape index (κ2) is 4.45. The molecule has 1 heterocycles. The zero-order valence-corrected chi connectivity index (χ0v) is 7.97. The first-order valence-electron chi connectivity index (χ1n) is 4.78. The van der Waals surface area contributed by atoms with Crippen molar-refractivity contribution in [2.75, 3.05) is 19.6 Å². The molecular formula is C9H18N2O. The van der Waals surface area contributed by atoms with E-state index in [0.29, 0.717) is 0 Å². The van der Waals surface area contributed by atoms with Gasteiger partial charge in [-0.25, -0.2) is 0 Å². The molecule has 1 aliphatic heterocycles. The molecule has 1 fully saturated rings. The maximum Gasteiger partial charge on any atom is 0.239 e. The molecule has 1 amide bonds. The summed E-state index contributed by atoms with van der Waals surface area (Å²) in [6.07, 6.45) is 2.30. The Morgan fingerprint density at radius 2 is 2.33 bits per heavy atom. The number of carbonyl (C=O) groups excluding carboxylic acids is 1. The summed E-state index contributed by atoms with van der Waals surface area (Å²) in [6.45, 7) is 6.72. The first-order chi connectivity index (χ1) is 5.75. The zero-order valence-electron chi connectivity index (χ0n) is 7.97. The lowest BCUT2D eigenvalue weighted by Gasteiger charge is -2.27. The van der Waals surface area contributed by atoms with Crippen molar-refractivity contribution >= 4 is 5.91 Å². The third-order valence-electron chi connectivity index (χ3n) is 2.37. The molecule has 3 nitrogen and oxygen atoms in total. The topological polar surface area (TPSA) is 32.3 Å². The van der Waals surface area contributed by atoms with Crippen molar-refractivity contribution in [2.45, 2.75) is 32.7 Å². The van der Waals surface area contributed by atoms with E-state index in [0.717, 1.165) is 26.1 Å². The first-order valence-corrected chi connectivity index (χ1v) is 4.78. The van der Waals surface area contributed by atoms with E-state index in [1.807, 2.05) is 18.7 Å². The lowest BCUT2D eigenvalue weighted by molar-refractivity contribution is -0.133. The Balaban J connectivity index is 2.53. The number of nitrogens with one attached hydrogen (secondary N) is 1. The second-order valence-electron chi connectivity index (χ2n) is 3.30. The summed E-state index contributed by atoms with van der Waals surface area (Å²) in [6, 6.07) is 0.00486. The molecule has 0 spiro atoms. The van der Waals surface area contributed by atoms with Crippen LogP contribution in [-0.4, -0.2) is 36.5 Å². The standard InChI is InChI=1S/C9H18N2O/c1-3-11-7-5-4-6-10-8(2)9(11)12/h8,10H,3-7H2,1-2H3. The number of hydrogen-bond donors (Lipinski definition) is 1. The van der Waals surface area contributed by atoms with Gasteiger partial charge >= 0.3 is 0 Å². The van der Waals surface area contributed by atoms with E-state index < -0.39 is 0 Å². The van der Waals surface area contributed by atoms with Crippen LogP contribution in [0.15, 0.2) is 0 Å². The van der Waals surface area contributed by atoms with Crippen molar-refractivity contribution in [3.8, 4) is 0 Å². The second-order valence-corrected chi connectivity index (χ2v) is 3.30. The van der Waals surface area contributed by atoms with Gasteiger partial charge in [0.05, 0.1) is 6.04 Å². The first kappa shape index (κ1) is 9.52. The van der Waals surface area contributed by atoms with Crippen molar-refractivity contribution in [3.63, 3.8) is 0 Å². The number of rotatable bonds is 1. The van der Waals surface area contributed by atoms with E-state index in [4.69, 9.17) is 0 Å². The van der Waals surface area contributed by atoms with Crippen LogP contribution < -0.4 is 5.32 Å². The SMILES string of the molecule is CCN1CCCCNC(C)C1=O. The van der Waals surface area contributed by atoms with Gasteiger partial charge in [-0.05, 0) is 33.2 Å². The minimum atomic E-state index is 0.00486. The molecule has 0 aromatic rings. The Bertz CT molecular complexity index is 159. The van der Waals surface area contributed by atoms with E-state index in [-0.39, 0.29) is 11.9 Å². The van der Waals surface area contributed by atoms with Crippen molar-refractivity contribution in [1.82, 2.24) is 10.2 Å². The Labute approximate surface area is 74.1 Å². The molecule has 3 heteroatoms. The van der Waals surface area contributed by atoms with Gasteiger partial charge in [0.1, 0.15) is 0 Å². The normalized spacial score (nSPS) is 26.7. The van der Waals surface area contributed by atoms with Gasteiger partial charge in [-0.3, -0.25) is 4.79 Å². The molecule has 0 aromatic heterocycles. The highest BCUT2D eigenvalue weighted by Gasteiger charge is 2.19. The molecule has 0 bridgehead atoms. The summed E-state index contributed by atoms with van der Waals surface area (Å²) in [5, 5.41) is 3.21. The summed E-state index contributed by atoms with van der Waals surface area (Å²) in [7, 11) is 0. The monoisotopic (exact) mass is 170 g/mol. The smallest absolute Gasteiger partial charge is 0.239 e. The molecule has 1 saturated heterocycles. The molecule has 1 unspecified atom stereocenters. The van der Waals surface area contributed by atoms with Crippen LogP contribution in [0.5, 0.6) is 0 Å². The highest BCUT2D eigenvalue weighted by atomic mass is 16.2. The maximum atomic E-state index is 11.6. The molecule has 1 aliphatic rings. The quantitative estimate of drug-likeness (QED) is 0.625. The minimum absolute atomic E-state index is 0.00486. The van der Waals surface area contributed by atoms with Crippen molar-refractivity contribution < 1.29 is 4.79 Å². The summed E-state index contributed by atoms with van der Waals surface area (Å²) >= 11 is 0. The Morgan fingerprint density at radius 3 is 3.00 bits per heavy atom. The lowest BCUT2D eigenvalue weighted by Crippen LogP contribution is -2.47. The molecular weight excluding hydrogens is 152 g/mol. The highest BCUT2D eigenvalue weighted by Crippen LogP contribution is 2.02. The van der Waals surface area contributed by atoms with Gasteiger partial charge < -0.3 is 10.2 Å². The highest BCUT2D eigenvalue weighted by molar-refractivity contribution is 5.81. The third kappa shape index (κ3) is 2.21. The van der Waals surface area contributed by atoms with Crippen LogP contribution in [0.4, 0.5) is 0 Å². The van der Waals surface area contributed by atoms with E-state index in [1.165, 1.54) is 6.42 Å². The van der Waals surface area contributed by atoms with Gasteiger partial charge in [0.25, 0.3) is 0 Å². The fraction of sp³-hybridized carbons (Fsp3) is 0.889. The van der Waals surface area contributed by atoms with E-state index in [2.05, 4.69) is 5.32 Å². The van der Waals surface area contributed by atoms with Gasteiger partial charge in [-0.1, -0.05) is 0 Å². The zero-order chi connectivity index (χ0) is 8.97. The molecule has 0 saturated carbocycles. The number of likely N-dealkylation sites (N-methyl/N-ethyl adjacent to an activating group) is 1. The molecule has 1 rings (SSSR count). The number of amides is 1. The largest absolute Gasteiger partial charge is 0.342 e. The molecule has 70 valence electrons. The van der Waals surface area contributed by atoms with E-state index in [9.17, 15) is 4.79 Å². The average Bonchev–Trinajstić information content (AvgIpc) is 2.07. The van der Waals surface area contributed by atoms with Crippen LogP contribution in [0.1, 0.15) is 26.7 Å². The van der Waals surface area contributed by atoms with Gasteiger partial charge in [-0.15, -0.1) is 0 Å². The van der Waals surface area contributed by atoms with Crippen LogP contribution in [0, 0.1) is 0 Å². The predicted molar refractivity (Wildman–Crippen MR) is 49.0 cm³/mol. The number of nitrogens with zero attached hydrogens (tertiary/aromatic N) is 1. The van der Waals surface area contributed by atoms with Crippen LogP contribution in [-0.2, 0) is 4.79 Å². The molecule has 0 aliphatic carbocycles. The molecule has 12 heavy (non-hydrogen) atoms. The fourth-order valence-electron chi connectivity index (χ4n) is 1.53. The van der Waals surface area contributed by atoms with Crippen LogP contribution >= 0.6 is 0 Å². The van der Waals surface area contributed by atoms with Gasteiger partial charge in [0, 0.05) is 13.1 Å². The maximum absolute atomic E-state index is 11.6. The van der Waals surface area contributed by atoms with Gasteiger partial charge in [-0.2, -0.15) is 0 Å². The van der Waals surface area contributed by atoms with Crippen LogP contribution in [0.3, 0.4) is 0 Å². The third-order valence-corrected chi connectivity index (χ3v) is 2.37. The van der Waals surface area contributed by atoms with Crippen molar-refractivity contribution in [3.05, 3.63) is 0 Å². The van der Waals surface area contributed by atoms with Gasteiger partial charge in [0.2, 0.25) is 5.91 Å². The average molecular weight is 170 g/mol.